The molecule has 0 N–H and O–H groups in total. The van der Waals surface area contributed by atoms with Crippen LogP contribution in [0.4, 0.5) is 4.39 Å². The SMILES string of the molecule is [B]/C=C(\C(=O)OC)c1cccc(F)c1. The van der Waals surface area contributed by atoms with Crippen LogP contribution in [0, 0.1) is 5.82 Å². The van der Waals surface area contributed by atoms with Gasteiger partial charge in [0.15, 0.2) is 0 Å². The van der Waals surface area contributed by atoms with Crippen LogP contribution in [0.25, 0.3) is 5.57 Å². The van der Waals surface area contributed by atoms with Crippen molar-refractivity contribution in [1.29, 1.82) is 0 Å². The van der Waals surface area contributed by atoms with Gasteiger partial charge in [0.1, 0.15) is 13.7 Å². The molecule has 0 aromatic heterocycles. The minimum Gasteiger partial charge on any atom is -0.465 e. The molecule has 0 heterocycles. The van der Waals surface area contributed by atoms with E-state index in [9.17, 15) is 9.18 Å². The van der Waals surface area contributed by atoms with E-state index in [1.807, 2.05) is 0 Å². The molecule has 1 aromatic rings. The Hall–Kier alpha value is -1.58. The lowest BCUT2D eigenvalue weighted by molar-refractivity contribution is -0.133. The molecule has 70 valence electrons. The Kier molecular flexibility index (Phi) is 3.45. The number of ether oxygens (including phenoxy) is 1. The molecular formula is C10H8BFO2. The molecule has 0 aliphatic heterocycles. The van der Waals surface area contributed by atoms with Gasteiger partial charge in [-0.3, -0.25) is 0 Å². The number of benzene rings is 1. The van der Waals surface area contributed by atoms with E-state index in [2.05, 4.69) is 4.74 Å². The predicted octanol–water partition coefficient (Wildman–Crippen LogP) is 1.51. The number of hydrogen-bond donors (Lipinski definition) is 0. The lowest BCUT2D eigenvalue weighted by Gasteiger charge is -2.04. The minimum absolute atomic E-state index is 0.145. The third-order valence-electron chi connectivity index (χ3n) is 1.71. The molecule has 1 rings (SSSR count). The second-order valence-corrected chi connectivity index (χ2v) is 2.58. The number of hydrogen-bond acceptors (Lipinski definition) is 2. The Morgan fingerprint density at radius 1 is 1.57 bits per heavy atom. The van der Waals surface area contributed by atoms with Gasteiger partial charge in [0.05, 0.1) is 12.7 Å². The van der Waals surface area contributed by atoms with E-state index >= 15 is 0 Å². The van der Waals surface area contributed by atoms with Crippen LogP contribution >= 0.6 is 0 Å². The highest BCUT2D eigenvalue weighted by atomic mass is 19.1. The van der Waals surface area contributed by atoms with Crippen LogP contribution in [0.15, 0.2) is 30.2 Å². The molecule has 0 bridgehead atoms. The first-order valence-corrected chi connectivity index (χ1v) is 3.95. The van der Waals surface area contributed by atoms with E-state index in [1.165, 1.54) is 25.3 Å². The number of rotatable bonds is 2. The maximum Gasteiger partial charge on any atom is 0.337 e. The molecule has 0 saturated carbocycles. The van der Waals surface area contributed by atoms with Gasteiger partial charge >= 0.3 is 5.97 Å². The van der Waals surface area contributed by atoms with E-state index in [4.69, 9.17) is 7.85 Å². The van der Waals surface area contributed by atoms with Crippen LogP contribution < -0.4 is 0 Å². The summed E-state index contributed by atoms with van der Waals surface area (Å²) in [4.78, 5) is 11.2. The van der Waals surface area contributed by atoms with Crippen molar-refractivity contribution in [2.75, 3.05) is 7.11 Å². The molecule has 1 aromatic carbocycles. The van der Waals surface area contributed by atoms with E-state index < -0.39 is 11.8 Å². The number of halogens is 1. The summed E-state index contributed by atoms with van der Waals surface area (Å²) in [5.74, 6) is 0.0875. The maximum atomic E-state index is 12.8. The van der Waals surface area contributed by atoms with Gasteiger partial charge in [-0.25, -0.2) is 9.18 Å². The first-order valence-electron chi connectivity index (χ1n) is 3.95. The quantitative estimate of drug-likeness (QED) is 0.401. The minimum atomic E-state index is -0.585. The molecular weight excluding hydrogens is 182 g/mol. The molecule has 0 unspecified atom stereocenters. The van der Waals surface area contributed by atoms with E-state index in [0.29, 0.717) is 5.56 Å². The molecule has 0 atom stereocenters. The highest BCUT2D eigenvalue weighted by Crippen LogP contribution is 2.15. The van der Waals surface area contributed by atoms with Gasteiger partial charge in [-0.15, -0.1) is 5.98 Å². The molecule has 2 nitrogen and oxygen atoms in total. The topological polar surface area (TPSA) is 26.3 Å². The molecule has 0 fully saturated rings. The van der Waals surface area contributed by atoms with Crippen LogP contribution in [0.3, 0.4) is 0 Å². The summed E-state index contributed by atoms with van der Waals surface area (Å²) in [6.07, 6.45) is 0. The van der Waals surface area contributed by atoms with E-state index in [0.717, 1.165) is 5.98 Å². The lowest BCUT2D eigenvalue weighted by Crippen LogP contribution is -2.04. The normalized spacial score (nSPS) is 11.1. The van der Waals surface area contributed by atoms with Crippen LogP contribution in [0.1, 0.15) is 5.56 Å². The van der Waals surface area contributed by atoms with Crippen molar-refractivity contribution in [2.45, 2.75) is 0 Å². The Bertz CT molecular complexity index is 374. The molecule has 0 spiro atoms. The average molecular weight is 190 g/mol. The van der Waals surface area contributed by atoms with Gasteiger partial charge < -0.3 is 4.74 Å². The maximum absolute atomic E-state index is 12.8. The Labute approximate surface area is 82.8 Å². The highest BCUT2D eigenvalue weighted by Gasteiger charge is 2.10. The summed E-state index contributed by atoms with van der Waals surface area (Å²) in [5, 5.41) is 0. The Balaban J connectivity index is 3.08. The zero-order chi connectivity index (χ0) is 10.6. The van der Waals surface area contributed by atoms with Crippen LogP contribution in [-0.2, 0) is 9.53 Å². The molecule has 0 aliphatic carbocycles. The third-order valence-corrected chi connectivity index (χ3v) is 1.71. The first kappa shape index (κ1) is 10.5. The van der Waals surface area contributed by atoms with E-state index in [-0.39, 0.29) is 5.57 Å². The number of methoxy groups -OCH3 is 1. The zero-order valence-electron chi connectivity index (χ0n) is 7.66. The third kappa shape index (κ3) is 2.22. The zero-order valence-corrected chi connectivity index (χ0v) is 7.66. The molecule has 0 aliphatic rings. The smallest absolute Gasteiger partial charge is 0.337 e. The van der Waals surface area contributed by atoms with Crippen molar-refractivity contribution in [3.05, 3.63) is 41.6 Å². The van der Waals surface area contributed by atoms with Gasteiger partial charge in [0, 0.05) is 0 Å². The summed E-state index contributed by atoms with van der Waals surface area (Å²) in [7, 11) is 6.49. The predicted molar refractivity (Wildman–Crippen MR) is 52.1 cm³/mol. The van der Waals surface area contributed by atoms with Gasteiger partial charge in [-0.2, -0.15) is 0 Å². The fourth-order valence-electron chi connectivity index (χ4n) is 1.05. The Morgan fingerprint density at radius 2 is 2.29 bits per heavy atom. The van der Waals surface area contributed by atoms with Crippen molar-refractivity contribution in [2.24, 2.45) is 0 Å². The van der Waals surface area contributed by atoms with Crippen molar-refractivity contribution in [1.82, 2.24) is 0 Å². The van der Waals surface area contributed by atoms with Gasteiger partial charge in [-0.05, 0) is 17.7 Å². The summed E-state index contributed by atoms with van der Waals surface area (Å²) >= 11 is 0. The number of carbonyl (C=O) groups excluding carboxylic acids is 1. The van der Waals surface area contributed by atoms with Gasteiger partial charge in [0.25, 0.3) is 0 Å². The summed E-state index contributed by atoms with van der Waals surface area (Å²) in [6.45, 7) is 0. The fraction of sp³-hybridized carbons (Fsp3) is 0.100. The fourth-order valence-corrected chi connectivity index (χ4v) is 1.05. The van der Waals surface area contributed by atoms with Gasteiger partial charge in [0.2, 0.25) is 0 Å². The molecule has 0 saturated heterocycles. The first-order chi connectivity index (χ1) is 6.69. The number of esters is 1. The van der Waals surface area contributed by atoms with Crippen LogP contribution in [-0.4, -0.2) is 20.9 Å². The van der Waals surface area contributed by atoms with Crippen LogP contribution in [0.5, 0.6) is 0 Å². The highest BCUT2D eigenvalue weighted by molar-refractivity contribution is 6.29. The Morgan fingerprint density at radius 3 is 2.79 bits per heavy atom. The summed E-state index contributed by atoms with van der Waals surface area (Å²) in [6, 6.07) is 5.58. The molecule has 4 heteroatoms. The van der Waals surface area contributed by atoms with Crippen LogP contribution in [0.2, 0.25) is 0 Å². The van der Waals surface area contributed by atoms with E-state index in [1.54, 1.807) is 6.07 Å². The van der Waals surface area contributed by atoms with Gasteiger partial charge in [-0.1, -0.05) is 12.1 Å². The monoisotopic (exact) mass is 190 g/mol. The van der Waals surface area contributed by atoms with Crippen molar-refractivity contribution in [3.63, 3.8) is 0 Å². The lowest BCUT2D eigenvalue weighted by atomic mass is 9.98. The summed E-state index contributed by atoms with van der Waals surface area (Å²) in [5.41, 5.74) is 0.548. The standard InChI is InChI=1S/C10H8BFO2/c1-14-10(13)9(6-11)7-3-2-4-8(12)5-7/h2-6H,1H3/b9-6-. The number of carbonyl (C=O) groups is 1. The largest absolute Gasteiger partial charge is 0.465 e. The van der Waals surface area contributed by atoms with Crippen molar-refractivity contribution in [3.8, 4) is 0 Å². The van der Waals surface area contributed by atoms with Crippen molar-refractivity contribution >= 4 is 19.4 Å². The molecule has 14 heavy (non-hydrogen) atoms. The summed E-state index contributed by atoms with van der Waals surface area (Å²) < 4.78 is 17.3. The second-order valence-electron chi connectivity index (χ2n) is 2.58. The van der Waals surface area contributed by atoms with Crippen molar-refractivity contribution < 1.29 is 13.9 Å². The molecule has 2 radical (unpaired) electrons. The average Bonchev–Trinajstić information content (AvgIpc) is 2.19. The molecule has 0 amide bonds. The second kappa shape index (κ2) is 4.60.